The number of rotatable bonds is 5. The number of imidazole rings is 1. The topological polar surface area (TPSA) is 61.4 Å². The van der Waals surface area contributed by atoms with Crippen LogP contribution in [-0.2, 0) is 19.8 Å². The van der Waals surface area contributed by atoms with Gasteiger partial charge in [-0.3, -0.25) is 0 Å². The Morgan fingerprint density at radius 2 is 1.92 bits per heavy atom. The zero-order chi connectivity index (χ0) is 17.2. The molecule has 0 unspecified atom stereocenters. The molecule has 0 aliphatic heterocycles. The molecular weight excluding hydrogens is 341 g/mol. The van der Waals surface area contributed by atoms with Crippen molar-refractivity contribution in [1.82, 2.24) is 29.8 Å². The van der Waals surface area contributed by atoms with Crippen molar-refractivity contribution in [3.8, 4) is 11.4 Å². The fourth-order valence-electron chi connectivity index (χ4n) is 2.14. The molecule has 0 radical (unpaired) electrons. The van der Waals surface area contributed by atoms with Crippen molar-refractivity contribution < 1.29 is 13.2 Å². The first-order chi connectivity index (χ1) is 11.4. The van der Waals surface area contributed by atoms with Crippen molar-refractivity contribution in [3.63, 3.8) is 0 Å². The van der Waals surface area contributed by atoms with E-state index in [2.05, 4.69) is 20.5 Å². The zero-order valence-electron chi connectivity index (χ0n) is 12.6. The SMILES string of the molecule is Cn1nnnc1SCCn1ccnc1-c1ccc(C(F)(F)F)cc1. The Bertz CT molecular complexity index is 809. The second kappa shape index (κ2) is 6.63. The van der Waals surface area contributed by atoms with Gasteiger partial charge in [-0.15, -0.1) is 5.10 Å². The summed E-state index contributed by atoms with van der Waals surface area (Å²) in [5.74, 6) is 1.33. The van der Waals surface area contributed by atoms with Crippen molar-refractivity contribution in [3.05, 3.63) is 42.2 Å². The summed E-state index contributed by atoms with van der Waals surface area (Å²) in [6.07, 6.45) is -0.918. The number of aromatic nitrogens is 6. The molecule has 0 saturated heterocycles. The smallest absolute Gasteiger partial charge is 0.330 e. The number of benzene rings is 1. The van der Waals surface area contributed by atoms with Crippen LogP contribution < -0.4 is 0 Å². The van der Waals surface area contributed by atoms with Crippen LogP contribution in [-0.4, -0.2) is 35.5 Å². The van der Waals surface area contributed by atoms with E-state index in [-0.39, 0.29) is 0 Å². The third kappa shape index (κ3) is 3.58. The molecule has 2 aromatic heterocycles. The second-order valence-electron chi connectivity index (χ2n) is 4.95. The van der Waals surface area contributed by atoms with Gasteiger partial charge in [-0.2, -0.15) is 13.2 Å². The van der Waals surface area contributed by atoms with Gasteiger partial charge in [-0.1, -0.05) is 23.9 Å². The molecule has 3 rings (SSSR count). The Balaban J connectivity index is 1.70. The number of halogens is 3. The minimum atomic E-state index is -4.34. The standard InChI is InChI=1S/C14H13F3N6S/c1-22-13(19-20-21-22)24-9-8-23-7-6-18-12(23)10-2-4-11(5-3-10)14(15,16)17/h2-7H,8-9H2,1H3. The van der Waals surface area contributed by atoms with Crippen LogP contribution in [0.5, 0.6) is 0 Å². The summed E-state index contributed by atoms with van der Waals surface area (Å²) in [5, 5.41) is 11.9. The monoisotopic (exact) mass is 354 g/mol. The first kappa shape index (κ1) is 16.5. The molecule has 0 amide bonds. The summed E-state index contributed by atoms with van der Waals surface area (Å²) in [6.45, 7) is 0.633. The highest BCUT2D eigenvalue weighted by Crippen LogP contribution is 2.30. The molecule has 0 aliphatic rings. The third-order valence-corrected chi connectivity index (χ3v) is 4.32. The van der Waals surface area contributed by atoms with E-state index in [1.54, 1.807) is 24.1 Å². The Morgan fingerprint density at radius 3 is 2.54 bits per heavy atom. The molecule has 24 heavy (non-hydrogen) atoms. The Labute approximate surface area is 139 Å². The molecule has 0 saturated carbocycles. The lowest BCUT2D eigenvalue weighted by Gasteiger charge is -2.09. The van der Waals surface area contributed by atoms with Crippen molar-refractivity contribution >= 4 is 11.8 Å². The Hall–Kier alpha value is -2.36. The highest BCUT2D eigenvalue weighted by atomic mass is 32.2. The van der Waals surface area contributed by atoms with Crippen molar-refractivity contribution in [2.45, 2.75) is 17.9 Å². The molecule has 0 aliphatic carbocycles. The number of alkyl halides is 3. The minimum Gasteiger partial charge on any atom is -0.330 e. The van der Waals surface area contributed by atoms with E-state index in [1.807, 2.05) is 4.57 Å². The number of hydrogen-bond acceptors (Lipinski definition) is 5. The lowest BCUT2D eigenvalue weighted by molar-refractivity contribution is -0.137. The molecule has 0 N–H and O–H groups in total. The van der Waals surface area contributed by atoms with Gasteiger partial charge in [0.25, 0.3) is 0 Å². The van der Waals surface area contributed by atoms with E-state index in [9.17, 15) is 13.2 Å². The van der Waals surface area contributed by atoms with Gasteiger partial charge in [-0.05, 0) is 22.6 Å². The average Bonchev–Trinajstić information content (AvgIpc) is 3.16. The fraction of sp³-hybridized carbons (Fsp3) is 0.286. The molecule has 0 fully saturated rings. The quantitative estimate of drug-likeness (QED) is 0.660. The highest BCUT2D eigenvalue weighted by molar-refractivity contribution is 7.99. The molecule has 0 spiro atoms. The number of aryl methyl sites for hydroxylation is 2. The highest BCUT2D eigenvalue weighted by Gasteiger charge is 2.30. The normalized spacial score (nSPS) is 11.8. The maximum absolute atomic E-state index is 12.6. The first-order valence-corrected chi connectivity index (χ1v) is 7.97. The van der Waals surface area contributed by atoms with Gasteiger partial charge in [0, 0.05) is 37.3 Å². The van der Waals surface area contributed by atoms with E-state index < -0.39 is 11.7 Å². The minimum absolute atomic E-state index is 0.625. The number of tetrazole rings is 1. The van der Waals surface area contributed by atoms with Gasteiger partial charge >= 0.3 is 6.18 Å². The van der Waals surface area contributed by atoms with Gasteiger partial charge in [-0.25, -0.2) is 9.67 Å². The number of nitrogens with zero attached hydrogens (tertiary/aromatic N) is 6. The van der Waals surface area contributed by atoms with Crippen LogP contribution in [0.2, 0.25) is 0 Å². The largest absolute Gasteiger partial charge is 0.416 e. The van der Waals surface area contributed by atoms with Crippen LogP contribution in [0, 0.1) is 0 Å². The van der Waals surface area contributed by atoms with E-state index in [0.717, 1.165) is 12.1 Å². The maximum atomic E-state index is 12.6. The fourth-order valence-corrected chi connectivity index (χ4v) is 2.93. The van der Waals surface area contributed by atoms with E-state index in [4.69, 9.17) is 0 Å². The van der Waals surface area contributed by atoms with Crippen LogP contribution in [0.15, 0.2) is 41.8 Å². The van der Waals surface area contributed by atoms with Crippen LogP contribution in [0.25, 0.3) is 11.4 Å². The van der Waals surface area contributed by atoms with Crippen LogP contribution in [0.4, 0.5) is 13.2 Å². The maximum Gasteiger partial charge on any atom is 0.416 e. The molecule has 126 valence electrons. The van der Waals surface area contributed by atoms with Crippen LogP contribution in [0.3, 0.4) is 0 Å². The summed E-state index contributed by atoms with van der Waals surface area (Å²) in [6, 6.07) is 4.99. The predicted molar refractivity (Wildman–Crippen MR) is 82.2 cm³/mol. The molecule has 0 atom stereocenters. The second-order valence-corrected chi connectivity index (χ2v) is 6.01. The number of hydrogen-bond donors (Lipinski definition) is 0. The van der Waals surface area contributed by atoms with Crippen molar-refractivity contribution in [2.24, 2.45) is 7.05 Å². The average molecular weight is 354 g/mol. The molecule has 10 heteroatoms. The van der Waals surface area contributed by atoms with Crippen molar-refractivity contribution in [2.75, 3.05) is 5.75 Å². The van der Waals surface area contributed by atoms with Crippen LogP contribution in [0.1, 0.15) is 5.56 Å². The Kier molecular flexibility index (Phi) is 4.56. The van der Waals surface area contributed by atoms with Crippen molar-refractivity contribution in [1.29, 1.82) is 0 Å². The molecule has 6 nitrogen and oxygen atoms in total. The third-order valence-electron chi connectivity index (χ3n) is 3.33. The molecule has 3 aromatic rings. The summed E-state index contributed by atoms with van der Waals surface area (Å²) in [5.41, 5.74) is -0.0342. The number of thioether (sulfide) groups is 1. The molecule has 0 bridgehead atoms. The lowest BCUT2D eigenvalue weighted by atomic mass is 10.1. The summed E-state index contributed by atoms with van der Waals surface area (Å²) < 4.78 is 41.4. The first-order valence-electron chi connectivity index (χ1n) is 6.99. The zero-order valence-corrected chi connectivity index (χ0v) is 13.4. The molecular formula is C14H13F3N6S. The van der Waals surface area contributed by atoms with Gasteiger partial charge in [0.05, 0.1) is 5.56 Å². The van der Waals surface area contributed by atoms with E-state index >= 15 is 0 Å². The Morgan fingerprint density at radius 1 is 1.17 bits per heavy atom. The molecule has 1 aromatic carbocycles. The summed E-state index contributed by atoms with van der Waals surface area (Å²) >= 11 is 1.49. The van der Waals surface area contributed by atoms with Gasteiger partial charge < -0.3 is 4.57 Å². The van der Waals surface area contributed by atoms with Crippen LogP contribution >= 0.6 is 11.8 Å². The molecule has 2 heterocycles. The van der Waals surface area contributed by atoms with Gasteiger partial charge in [0.1, 0.15) is 5.82 Å². The summed E-state index contributed by atoms with van der Waals surface area (Å²) in [4.78, 5) is 4.24. The van der Waals surface area contributed by atoms with Gasteiger partial charge in [0.2, 0.25) is 5.16 Å². The van der Waals surface area contributed by atoms with Gasteiger partial charge in [0.15, 0.2) is 0 Å². The van der Waals surface area contributed by atoms with E-state index in [1.165, 1.54) is 23.9 Å². The lowest BCUT2D eigenvalue weighted by Crippen LogP contribution is -2.05. The summed E-state index contributed by atoms with van der Waals surface area (Å²) in [7, 11) is 1.76. The predicted octanol–water partition coefficient (Wildman–Crippen LogP) is 2.88. The van der Waals surface area contributed by atoms with E-state index in [0.29, 0.717) is 28.8 Å².